The van der Waals surface area contributed by atoms with E-state index in [4.69, 9.17) is 5.11 Å². The predicted molar refractivity (Wildman–Crippen MR) is 22.8 cm³/mol. The summed E-state index contributed by atoms with van der Waals surface area (Å²) in [5.74, 6) is 0. The van der Waals surface area contributed by atoms with E-state index in [1.54, 1.807) is 0 Å². The fraction of sp³-hybridized carbons (Fsp3) is 1.00. The Morgan fingerprint density at radius 1 is 1.62 bits per heavy atom. The van der Waals surface area contributed by atoms with E-state index >= 15 is 0 Å². The van der Waals surface area contributed by atoms with Crippen LogP contribution in [0.2, 0.25) is 0 Å². The minimum absolute atomic E-state index is 0.150. The molecule has 1 aliphatic rings. The fourth-order valence-corrected chi connectivity index (χ4v) is 0.608. The Bertz CT molecular complexity index is 77.7. The lowest BCUT2D eigenvalue weighted by Gasteiger charge is -2.03. The van der Waals surface area contributed by atoms with E-state index < -0.39 is 12.2 Å². The van der Waals surface area contributed by atoms with Crippen molar-refractivity contribution in [3.05, 3.63) is 0 Å². The van der Waals surface area contributed by atoms with Gasteiger partial charge in [-0.1, -0.05) is 0 Å². The topological polar surface area (TPSA) is 38.7 Å². The zero-order valence-electron chi connectivity index (χ0n) is 4.21. The van der Waals surface area contributed by atoms with Crippen LogP contribution in [-0.2, 0) is 9.68 Å². The zero-order valence-corrected chi connectivity index (χ0v) is 4.21. The van der Waals surface area contributed by atoms with Crippen molar-refractivity contribution in [2.45, 2.75) is 12.2 Å². The summed E-state index contributed by atoms with van der Waals surface area (Å²) < 4.78 is 15.9. The Hall–Kier alpha value is -0.190. The number of halogens is 1. The molecule has 0 aromatic carbocycles. The van der Waals surface area contributed by atoms with Crippen LogP contribution in [0.15, 0.2) is 0 Å². The van der Waals surface area contributed by atoms with Gasteiger partial charge in [0.2, 0.25) is 0 Å². The van der Waals surface area contributed by atoms with Gasteiger partial charge >= 0.3 is 0 Å². The number of aliphatic hydroxyl groups is 1. The van der Waals surface area contributed by atoms with Crippen LogP contribution in [0.5, 0.6) is 0 Å². The second-order valence-corrected chi connectivity index (χ2v) is 1.73. The number of hydrogen-bond acceptors (Lipinski definition) is 3. The molecule has 1 rings (SSSR count). The van der Waals surface area contributed by atoms with Crippen LogP contribution >= 0.6 is 0 Å². The first-order valence-electron chi connectivity index (χ1n) is 2.38. The lowest BCUT2D eigenvalue weighted by Crippen LogP contribution is -2.23. The molecule has 1 aliphatic heterocycles. The third-order valence-corrected chi connectivity index (χ3v) is 1.11. The summed E-state index contributed by atoms with van der Waals surface area (Å²) in [4.78, 5) is 3.35. The van der Waals surface area contributed by atoms with Crippen molar-refractivity contribution < 1.29 is 19.3 Å². The Balaban J connectivity index is 2.30. The highest BCUT2D eigenvalue weighted by Crippen LogP contribution is 2.08. The van der Waals surface area contributed by atoms with E-state index in [0.29, 0.717) is 0 Å². The molecule has 0 aromatic rings. The van der Waals surface area contributed by atoms with Crippen LogP contribution < -0.4 is 0 Å². The van der Waals surface area contributed by atoms with Crippen LogP contribution in [0.4, 0.5) is 4.53 Å². The van der Waals surface area contributed by atoms with Gasteiger partial charge in [0, 0.05) is 0 Å². The molecule has 8 heavy (non-hydrogen) atoms. The smallest absolute Gasteiger partial charge is 0.150 e. The van der Waals surface area contributed by atoms with Crippen molar-refractivity contribution in [2.75, 3.05) is 13.2 Å². The maximum Gasteiger partial charge on any atom is 0.150 e. The SMILES string of the molecule is O[C@@H]1COC[C@@H]1OF. The summed E-state index contributed by atoms with van der Waals surface area (Å²) in [6, 6.07) is 0. The molecule has 2 atom stereocenters. The molecule has 0 aliphatic carbocycles. The van der Waals surface area contributed by atoms with Crippen LogP contribution in [0, 0.1) is 0 Å². The molecule has 1 saturated heterocycles. The summed E-state index contributed by atoms with van der Waals surface area (Å²) >= 11 is 0. The molecule has 0 amide bonds. The molecule has 0 saturated carbocycles. The molecular weight excluding hydrogens is 115 g/mol. The van der Waals surface area contributed by atoms with Crippen molar-refractivity contribution in [1.82, 2.24) is 0 Å². The standard InChI is InChI=1S/C4H7FO3/c5-8-4-2-7-1-3(4)6/h3-4,6H,1-2H2/t3-,4+/m1/s1. The number of aliphatic hydroxyl groups excluding tert-OH is 1. The minimum Gasteiger partial charge on any atom is -0.388 e. The van der Waals surface area contributed by atoms with Gasteiger partial charge < -0.3 is 9.84 Å². The largest absolute Gasteiger partial charge is 0.388 e. The highest BCUT2D eigenvalue weighted by molar-refractivity contribution is 4.72. The van der Waals surface area contributed by atoms with Gasteiger partial charge in [0.15, 0.2) is 0 Å². The number of hydrogen-bond donors (Lipinski definition) is 1. The fourth-order valence-electron chi connectivity index (χ4n) is 0.608. The van der Waals surface area contributed by atoms with Gasteiger partial charge in [-0.15, -0.1) is 0 Å². The molecule has 3 nitrogen and oxygen atoms in total. The van der Waals surface area contributed by atoms with E-state index in [-0.39, 0.29) is 13.2 Å². The van der Waals surface area contributed by atoms with Gasteiger partial charge in [0.05, 0.1) is 13.2 Å². The summed E-state index contributed by atoms with van der Waals surface area (Å²) in [5.41, 5.74) is 0. The average molecular weight is 122 g/mol. The van der Waals surface area contributed by atoms with Gasteiger partial charge in [-0.25, -0.2) is 0 Å². The Morgan fingerprint density at radius 2 is 2.38 bits per heavy atom. The first-order valence-corrected chi connectivity index (χ1v) is 2.38. The van der Waals surface area contributed by atoms with Gasteiger partial charge in [0.1, 0.15) is 12.2 Å². The first-order chi connectivity index (χ1) is 3.84. The van der Waals surface area contributed by atoms with E-state index in [0.717, 1.165) is 0 Å². The van der Waals surface area contributed by atoms with E-state index in [2.05, 4.69) is 9.68 Å². The van der Waals surface area contributed by atoms with Crippen LogP contribution in [0.25, 0.3) is 0 Å². The van der Waals surface area contributed by atoms with Crippen molar-refractivity contribution >= 4 is 0 Å². The van der Waals surface area contributed by atoms with Gasteiger partial charge in [-0.2, -0.15) is 4.94 Å². The quantitative estimate of drug-likeness (QED) is 0.516. The molecule has 0 aromatic heterocycles. The van der Waals surface area contributed by atoms with Gasteiger partial charge in [-0.3, -0.25) is 0 Å². The summed E-state index contributed by atoms with van der Waals surface area (Å²) in [6.45, 7) is 0.326. The van der Waals surface area contributed by atoms with E-state index in [9.17, 15) is 4.53 Å². The van der Waals surface area contributed by atoms with Gasteiger partial charge in [-0.05, 0) is 4.53 Å². The van der Waals surface area contributed by atoms with Gasteiger partial charge in [0.25, 0.3) is 0 Å². The third kappa shape index (κ3) is 0.964. The minimum atomic E-state index is -0.792. The van der Waals surface area contributed by atoms with Crippen molar-refractivity contribution in [2.24, 2.45) is 0 Å². The molecule has 0 radical (unpaired) electrons. The molecule has 48 valence electrons. The van der Waals surface area contributed by atoms with Crippen LogP contribution in [-0.4, -0.2) is 30.5 Å². The Labute approximate surface area is 45.9 Å². The lowest BCUT2D eigenvalue weighted by atomic mass is 10.3. The molecule has 0 bridgehead atoms. The molecule has 0 spiro atoms. The molecule has 4 heteroatoms. The molecule has 1 heterocycles. The predicted octanol–water partition coefficient (Wildman–Crippen LogP) is -0.353. The summed E-state index contributed by atoms with van der Waals surface area (Å²) in [5, 5.41) is 8.70. The lowest BCUT2D eigenvalue weighted by molar-refractivity contribution is -0.197. The molecule has 0 unspecified atom stereocenters. The maximum absolute atomic E-state index is 11.2. The monoisotopic (exact) mass is 122 g/mol. The van der Waals surface area contributed by atoms with E-state index in [1.807, 2.05) is 0 Å². The maximum atomic E-state index is 11.2. The molecular formula is C4H7FO3. The van der Waals surface area contributed by atoms with Crippen LogP contribution in [0.1, 0.15) is 0 Å². The van der Waals surface area contributed by atoms with Crippen molar-refractivity contribution in [3.8, 4) is 0 Å². The third-order valence-electron chi connectivity index (χ3n) is 1.11. The Morgan fingerprint density at radius 3 is 2.62 bits per heavy atom. The molecule has 1 fully saturated rings. The number of ether oxygens (including phenoxy) is 1. The highest BCUT2D eigenvalue weighted by Gasteiger charge is 2.27. The average Bonchev–Trinajstić information content (AvgIpc) is 2.14. The Kier molecular flexibility index (Phi) is 1.77. The zero-order chi connectivity index (χ0) is 5.98. The van der Waals surface area contributed by atoms with Crippen molar-refractivity contribution in [3.63, 3.8) is 0 Å². The van der Waals surface area contributed by atoms with E-state index in [1.165, 1.54) is 0 Å². The summed E-state index contributed by atoms with van der Waals surface area (Å²) in [6.07, 6.45) is -1.56. The highest BCUT2D eigenvalue weighted by atomic mass is 19.3. The number of rotatable bonds is 1. The second-order valence-electron chi connectivity index (χ2n) is 1.73. The molecule has 1 N–H and O–H groups in total. The van der Waals surface area contributed by atoms with Crippen LogP contribution in [0.3, 0.4) is 0 Å². The summed E-state index contributed by atoms with van der Waals surface area (Å²) in [7, 11) is 0. The first kappa shape index (κ1) is 5.94. The second kappa shape index (κ2) is 2.39. The normalized spacial score (nSPS) is 38.2. The van der Waals surface area contributed by atoms with Crippen molar-refractivity contribution in [1.29, 1.82) is 0 Å².